The molecule has 0 amide bonds. The van der Waals surface area contributed by atoms with E-state index in [1.165, 1.54) is 12.1 Å². The summed E-state index contributed by atoms with van der Waals surface area (Å²) in [6, 6.07) is 3.68. The summed E-state index contributed by atoms with van der Waals surface area (Å²) in [5.74, 6) is -0.242. The van der Waals surface area contributed by atoms with E-state index in [1.54, 1.807) is 0 Å². The number of rotatable bonds is 3. The molecule has 0 atom stereocenters. The molecule has 0 aliphatic rings. The fourth-order valence-corrected chi connectivity index (χ4v) is 3.06. The van der Waals surface area contributed by atoms with Gasteiger partial charge >= 0.3 is 0 Å². The van der Waals surface area contributed by atoms with Gasteiger partial charge in [-0.2, -0.15) is 0 Å². The Hall–Kier alpha value is -0.300. The zero-order valence-electron chi connectivity index (χ0n) is 8.14. The van der Waals surface area contributed by atoms with Crippen molar-refractivity contribution in [2.24, 2.45) is 0 Å². The van der Waals surface area contributed by atoms with Crippen molar-refractivity contribution in [2.75, 3.05) is 6.26 Å². The highest BCUT2D eigenvalue weighted by atomic mass is 35.7. The molecule has 0 aliphatic carbocycles. The molecule has 0 heterocycles. The minimum Gasteiger partial charge on any atom is -0.229 e. The maximum Gasteiger partial charge on any atom is 0.261 e. The van der Waals surface area contributed by atoms with Crippen LogP contribution < -0.4 is 0 Å². The third-order valence-electron chi connectivity index (χ3n) is 1.72. The maximum absolute atomic E-state index is 11.0. The number of hydrogen-bond donors (Lipinski definition) is 0. The van der Waals surface area contributed by atoms with Gasteiger partial charge < -0.3 is 0 Å². The molecule has 1 aromatic carbocycles. The Kier molecular flexibility index (Phi) is 3.89. The largest absolute Gasteiger partial charge is 0.261 e. The van der Waals surface area contributed by atoms with Crippen molar-refractivity contribution < 1.29 is 16.8 Å². The summed E-state index contributed by atoms with van der Waals surface area (Å²) in [4.78, 5) is -0.156. The lowest BCUT2D eigenvalue weighted by Crippen LogP contribution is -2.02. The Balaban J connectivity index is 3.21. The van der Waals surface area contributed by atoms with Gasteiger partial charge in [0, 0.05) is 22.0 Å². The van der Waals surface area contributed by atoms with E-state index < -0.39 is 18.9 Å². The maximum atomic E-state index is 11.0. The second-order valence-electron chi connectivity index (χ2n) is 3.26. The Labute approximate surface area is 104 Å². The molecule has 8 heteroatoms. The molecule has 0 aromatic heterocycles. The van der Waals surface area contributed by atoms with Crippen LogP contribution in [0.1, 0.15) is 5.56 Å². The first-order valence-electron chi connectivity index (χ1n) is 4.00. The minimum atomic E-state index is -3.85. The highest BCUT2D eigenvalue weighted by molar-refractivity contribution is 8.13. The quantitative estimate of drug-likeness (QED) is 0.799. The number of hydrogen-bond acceptors (Lipinski definition) is 4. The van der Waals surface area contributed by atoms with E-state index in [9.17, 15) is 16.8 Å². The van der Waals surface area contributed by atoms with Gasteiger partial charge in [0.2, 0.25) is 0 Å². The third kappa shape index (κ3) is 3.93. The molecule has 1 rings (SSSR count). The zero-order chi connectivity index (χ0) is 12.6. The molecule has 0 saturated carbocycles. The molecule has 4 nitrogen and oxygen atoms in total. The topological polar surface area (TPSA) is 68.3 Å². The van der Waals surface area contributed by atoms with Crippen molar-refractivity contribution >= 4 is 41.2 Å². The predicted molar refractivity (Wildman–Crippen MR) is 63.0 cm³/mol. The monoisotopic (exact) mass is 302 g/mol. The van der Waals surface area contributed by atoms with Gasteiger partial charge in [-0.25, -0.2) is 16.8 Å². The van der Waals surface area contributed by atoms with Crippen molar-refractivity contribution in [3.63, 3.8) is 0 Å². The molecule has 0 aliphatic heterocycles. The molecule has 0 fully saturated rings. The molecule has 90 valence electrons. The van der Waals surface area contributed by atoms with Gasteiger partial charge in [0.25, 0.3) is 9.05 Å². The lowest BCUT2D eigenvalue weighted by Gasteiger charge is -2.04. The molecular formula is C8H8Cl2O4S2. The minimum absolute atomic E-state index is 0.0622. The van der Waals surface area contributed by atoms with Gasteiger partial charge in [0.15, 0.2) is 9.84 Å². The molecule has 0 spiro atoms. The summed E-state index contributed by atoms with van der Waals surface area (Å²) in [6.07, 6.45) is 1.07. The van der Waals surface area contributed by atoms with Crippen LogP contribution in [0.25, 0.3) is 0 Å². The highest BCUT2D eigenvalue weighted by Gasteiger charge is 2.14. The summed E-state index contributed by atoms with van der Waals surface area (Å²) in [5, 5.41) is 0.0622. The molecule has 16 heavy (non-hydrogen) atoms. The van der Waals surface area contributed by atoms with E-state index in [0.717, 1.165) is 12.3 Å². The van der Waals surface area contributed by atoms with E-state index >= 15 is 0 Å². The van der Waals surface area contributed by atoms with Crippen LogP contribution in [0.3, 0.4) is 0 Å². The number of sulfone groups is 1. The lowest BCUT2D eigenvalue weighted by molar-refractivity contribution is 0.601. The van der Waals surface area contributed by atoms with Gasteiger partial charge in [-0.3, -0.25) is 0 Å². The van der Waals surface area contributed by atoms with E-state index in [2.05, 4.69) is 0 Å². The fourth-order valence-electron chi connectivity index (χ4n) is 1.08. The first-order chi connectivity index (χ1) is 7.09. The van der Waals surface area contributed by atoms with Crippen LogP contribution >= 0.6 is 22.3 Å². The van der Waals surface area contributed by atoms with Crippen molar-refractivity contribution in [3.8, 4) is 0 Å². The normalized spacial score (nSPS) is 12.7. The van der Waals surface area contributed by atoms with Crippen LogP contribution in [0.4, 0.5) is 0 Å². The standard InChI is InChI=1S/C8H8Cl2O4S2/c1-15(11,12)5-6-2-3-7(4-8(6)9)16(10,13)14/h2-4H,5H2,1H3. The van der Waals surface area contributed by atoms with Crippen molar-refractivity contribution in [1.29, 1.82) is 0 Å². The predicted octanol–water partition coefficient (Wildman–Crippen LogP) is 1.81. The SMILES string of the molecule is CS(=O)(=O)Cc1ccc(S(=O)(=O)Cl)cc1Cl. The van der Waals surface area contributed by atoms with Gasteiger partial charge in [-0.1, -0.05) is 17.7 Å². The smallest absolute Gasteiger partial charge is 0.229 e. The van der Waals surface area contributed by atoms with Crippen LogP contribution in [-0.4, -0.2) is 23.1 Å². The first-order valence-corrected chi connectivity index (χ1v) is 8.75. The molecule has 0 saturated heterocycles. The van der Waals surface area contributed by atoms with Crippen LogP contribution in [0.2, 0.25) is 5.02 Å². The molecule has 0 N–H and O–H groups in total. The second kappa shape index (κ2) is 4.52. The Morgan fingerprint density at radius 3 is 2.12 bits per heavy atom. The van der Waals surface area contributed by atoms with E-state index in [-0.39, 0.29) is 15.7 Å². The Morgan fingerprint density at radius 2 is 1.75 bits per heavy atom. The summed E-state index contributed by atoms with van der Waals surface area (Å²) in [7, 11) is -1.95. The van der Waals surface area contributed by atoms with Gasteiger partial charge in [0.1, 0.15) is 0 Å². The van der Waals surface area contributed by atoms with Crippen LogP contribution in [0, 0.1) is 0 Å². The highest BCUT2D eigenvalue weighted by Crippen LogP contribution is 2.24. The summed E-state index contributed by atoms with van der Waals surface area (Å²) < 4.78 is 44.0. The van der Waals surface area contributed by atoms with Crippen LogP contribution in [-0.2, 0) is 24.6 Å². The van der Waals surface area contributed by atoms with Gasteiger partial charge in [-0.05, 0) is 17.7 Å². The average Bonchev–Trinajstić information content (AvgIpc) is 2.04. The Morgan fingerprint density at radius 1 is 1.19 bits per heavy atom. The molecule has 0 radical (unpaired) electrons. The number of benzene rings is 1. The first kappa shape index (κ1) is 13.8. The molecule has 0 bridgehead atoms. The van der Waals surface area contributed by atoms with Crippen LogP contribution in [0.15, 0.2) is 23.1 Å². The summed E-state index contributed by atoms with van der Waals surface area (Å²) in [6.45, 7) is 0. The molecular weight excluding hydrogens is 295 g/mol. The number of halogens is 2. The fraction of sp³-hybridized carbons (Fsp3) is 0.250. The average molecular weight is 303 g/mol. The van der Waals surface area contributed by atoms with Gasteiger partial charge in [0.05, 0.1) is 10.6 Å². The van der Waals surface area contributed by atoms with E-state index in [4.69, 9.17) is 22.3 Å². The van der Waals surface area contributed by atoms with Crippen molar-refractivity contribution in [2.45, 2.75) is 10.6 Å². The van der Waals surface area contributed by atoms with Gasteiger partial charge in [-0.15, -0.1) is 0 Å². The molecule has 0 unspecified atom stereocenters. The van der Waals surface area contributed by atoms with E-state index in [1.807, 2.05) is 0 Å². The van der Waals surface area contributed by atoms with Crippen LogP contribution in [0.5, 0.6) is 0 Å². The second-order valence-corrected chi connectivity index (χ2v) is 8.37. The Bertz CT molecular complexity index is 605. The summed E-state index contributed by atoms with van der Waals surface area (Å²) in [5.41, 5.74) is 0.341. The lowest BCUT2D eigenvalue weighted by atomic mass is 10.2. The third-order valence-corrected chi connectivity index (χ3v) is 4.26. The molecule has 1 aromatic rings. The summed E-state index contributed by atoms with van der Waals surface area (Å²) >= 11 is 5.75. The van der Waals surface area contributed by atoms with Crippen molar-refractivity contribution in [3.05, 3.63) is 28.8 Å². The zero-order valence-corrected chi connectivity index (χ0v) is 11.3. The van der Waals surface area contributed by atoms with Crippen molar-refractivity contribution in [1.82, 2.24) is 0 Å². The van der Waals surface area contributed by atoms with E-state index in [0.29, 0.717) is 5.56 Å².